The minimum Gasteiger partial charge on any atom is -0.494 e. The Kier molecular flexibility index (Phi) is 9.16. The molecule has 0 bridgehead atoms. The van der Waals surface area contributed by atoms with Gasteiger partial charge in [-0.2, -0.15) is 0 Å². The highest BCUT2D eigenvalue weighted by atomic mass is 32.2. The lowest BCUT2D eigenvalue weighted by Gasteiger charge is -2.23. The van der Waals surface area contributed by atoms with E-state index < -0.39 is 0 Å². The molecule has 2 aromatic rings. The zero-order valence-corrected chi connectivity index (χ0v) is 20.0. The van der Waals surface area contributed by atoms with Gasteiger partial charge in [0.2, 0.25) is 0 Å². The molecule has 0 N–H and O–H groups in total. The summed E-state index contributed by atoms with van der Waals surface area (Å²) in [5.74, 6) is 0.839. The molecule has 1 aliphatic rings. The zero-order chi connectivity index (χ0) is 22.1. The topological polar surface area (TPSA) is 29.5 Å². The number of thiocarbonyl (C=S) groups is 1. The molecule has 1 fully saturated rings. The average molecular weight is 454 g/mol. The minimum absolute atomic E-state index is 0.0326. The van der Waals surface area contributed by atoms with E-state index in [2.05, 4.69) is 6.92 Å². The van der Waals surface area contributed by atoms with E-state index in [-0.39, 0.29) is 11.9 Å². The number of ether oxygens (including phenoxy) is 1. The molecule has 1 aliphatic heterocycles. The van der Waals surface area contributed by atoms with E-state index in [0.29, 0.717) is 9.23 Å². The van der Waals surface area contributed by atoms with Gasteiger partial charge in [0, 0.05) is 0 Å². The molecule has 164 valence electrons. The number of carbonyl (C=O) groups is 1. The van der Waals surface area contributed by atoms with E-state index in [4.69, 9.17) is 17.0 Å². The SMILES string of the molecule is CCCCCCCCOc1ccc(/C=C2/SC(=S)N([C@@H](C)c3ccccc3)C2=O)cc1. The van der Waals surface area contributed by atoms with Crippen LogP contribution in [0.2, 0.25) is 0 Å². The summed E-state index contributed by atoms with van der Waals surface area (Å²) in [6, 6.07) is 17.8. The van der Waals surface area contributed by atoms with Crippen LogP contribution in [0.15, 0.2) is 59.5 Å². The fourth-order valence-corrected chi connectivity index (χ4v) is 5.00. The molecule has 1 atom stereocenters. The number of unbranched alkanes of at least 4 members (excludes halogenated alkanes) is 5. The summed E-state index contributed by atoms with van der Waals surface area (Å²) < 4.78 is 6.45. The number of carbonyl (C=O) groups excluding carboxylic acids is 1. The monoisotopic (exact) mass is 453 g/mol. The Labute approximate surface area is 195 Å². The largest absolute Gasteiger partial charge is 0.494 e. The third-order valence-corrected chi connectivity index (χ3v) is 6.77. The van der Waals surface area contributed by atoms with Crippen LogP contribution in [0.25, 0.3) is 6.08 Å². The predicted molar refractivity (Wildman–Crippen MR) is 135 cm³/mol. The lowest BCUT2D eigenvalue weighted by Crippen LogP contribution is -2.30. The number of nitrogens with zero attached hydrogens (tertiary/aromatic N) is 1. The second-order valence-corrected chi connectivity index (χ2v) is 9.50. The normalized spacial score (nSPS) is 16.2. The van der Waals surface area contributed by atoms with Gasteiger partial charge in [-0.3, -0.25) is 9.69 Å². The van der Waals surface area contributed by atoms with Gasteiger partial charge in [0.05, 0.1) is 17.6 Å². The van der Waals surface area contributed by atoms with Gasteiger partial charge >= 0.3 is 0 Å². The molecule has 0 aromatic heterocycles. The second-order valence-electron chi connectivity index (χ2n) is 7.82. The lowest BCUT2D eigenvalue weighted by atomic mass is 10.1. The van der Waals surface area contributed by atoms with Crippen LogP contribution in [0.5, 0.6) is 5.75 Å². The van der Waals surface area contributed by atoms with Gasteiger partial charge in [-0.15, -0.1) is 0 Å². The van der Waals surface area contributed by atoms with Crippen LogP contribution in [0, 0.1) is 0 Å². The first kappa shape index (κ1) is 23.6. The highest BCUT2D eigenvalue weighted by molar-refractivity contribution is 8.26. The molecule has 1 amide bonds. The van der Waals surface area contributed by atoms with Gasteiger partial charge in [-0.05, 0) is 42.7 Å². The van der Waals surface area contributed by atoms with Crippen molar-refractivity contribution < 1.29 is 9.53 Å². The van der Waals surface area contributed by atoms with Crippen molar-refractivity contribution in [1.82, 2.24) is 4.90 Å². The highest BCUT2D eigenvalue weighted by Crippen LogP contribution is 2.38. The van der Waals surface area contributed by atoms with Gasteiger partial charge in [0.1, 0.15) is 10.1 Å². The van der Waals surface area contributed by atoms with Crippen molar-refractivity contribution >= 4 is 40.3 Å². The van der Waals surface area contributed by atoms with Crippen molar-refractivity contribution in [3.63, 3.8) is 0 Å². The number of hydrogen-bond acceptors (Lipinski definition) is 4. The van der Waals surface area contributed by atoms with E-state index in [1.807, 2.05) is 67.6 Å². The van der Waals surface area contributed by atoms with Crippen LogP contribution in [-0.2, 0) is 4.79 Å². The summed E-state index contributed by atoms with van der Waals surface area (Å²) in [6.07, 6.45) is 9.44. The number of amides is 1. The summed E-state index contributed by atoms with van der Waals surface area (Å²) >= 11 is 6.87. The Morgan fingerprint density at radius 1 is 1.00 bits per heavy atom. The van der Waals surface area contributed by atoms with Crippen LogP contribution in [0.3, 0.4) is 0 Å². The fraction of sp³-hybridized carbons (Fsp3) is 0.385. The van der Waals surface area contributed by atoms with Gasteiger partial charge in [-0.25, -0.2) is 0 Å². The molecule has 0 radical (unpaired) electrons. The van der Waals surface area contributed by atoms with Crippen LogP contribution >= 0.6 is 24.0 Å². The number of thioether (sulfide) groups is 1. The molecular weight excluding hydrogens is 422 g/mol. The second kappa shape index (κ2) is 12.1. The number of hydrogen-bond donors (Lipinski definition) is 0. The van der Waals surface area contributed by atoms with Crippen molar-refractivity contribution in [2.45, 2.75) is 58.4 Å². The van der Waals surface area contributed by atoms with Gasteiger partial charge in [0.25, 0.3) is 5.91 Å². The third kappa shape index (κ3) is 6.68. The summed E-state index contributed by atoms with van der Waals surface area (Å²) in [5.41, 5.74) is 2.05. The third-order valence-electron chi connectivity index (χ3n) is 5.44. The lowest BCUT2D eigenvalue weighted by molar-refractivity contribution is -0.123. The molecule has 0 aliphatic carbocycles. The standard InChI is InChI=1S/C26H31NO2S2/c1-3-4-5-6-7-11-18-29-23-16-14-21(15-17-23)19-24-25(28)27(26(30)31-24)20(2)22-12-9-8-10-13-22/h8-10,12-17,19-20H,3-7,11,18H2,1-2H3/b24-19+/t20-/m0/s1. The summed E-state index contributed by atoms with van der Waals surface area (Å²) in [4.78, 5) is 15.4. The van der Waals surface area contributed by atoms with Crippen LogP contribution in [-0.4, -0.2) is 21.7 Å². The number of rotatable bonds is 11. The van der Waals surface area contributed by atoms with E-state index in [0.717, 1.165) is 29.9 Å². The molecule has 0 spiro atoms. The molecular formula is C26H31NO2S2. The number of benzene rings is 2. The molecule has 0 unspecified atom stereocenters. The molecule has 3 rings (SSSR count). The molecule has 5 heteroatoms. The first-order valence-corrected chi connectivity index (χ1v) is 12.4. The first-order chi connectivity index (χ1) is 15.1. The maximum absolute atomic E-state index is 13.0. The Morgan fingerprint density at radius 3 is 2.39 bits per heavy atom. The average Bonchev–Trinajstić information content (AvgIpc) is 3.07. The molecule has 0 saturated carbocycles. The first-order valence-electron chi connectivity index (χ1n) is 11.1. The van der Waals surface area contributed by atoms with Crippen molar-refractivity contribution in [1.29, 1.82) is 0 Å². The van der Waals surface area contributed by atoms with Crippen molar-refractivity contribution in [2.75, 3.05) is 6.61 Å². The van der Waals surface area contributed by atoms with Gasteiger partial charge < -0.3 is 4.74 Å². The zero-order valence-electron chi connectivity index (χ0n) is 18.4. The summed E-state index contributed by atoms with van der Waals surface area (Å²) in [5, 5.41) is 0. The highest BCUT2D eigenvalue weighted by Gasteiger charge is 2.35. The predicted octanol–water partition coefficient (Wildman–Crippen LogP) is 7.39. The van der Waals surface area contributed by atoms with Gasteiger partial charge in [0.15, 0.2) is 0 Å². The maximum Gasteiger partial charge on any atom is 0.266 e. The Bertz CT molecular complexity index is 893. The molecule has 1 heterocycles. The van der Waals surface area contributed by atoms with E-state index in [1.165, 1.54) is 43.9 Å². The maximum atomic E-state index is 13.0. The Hall–Kier alpha value is -2.11. The van der Waals surface area contributed by atoms with E-state index in [9.17, 15) is 4.79 Å². The van der Waals surface area contributed by atoms with Crippen molar-refractivity contribution in [2.24, 2.45) is 0 Å². The van der Waals surface area contributed by atoms with Crippen molar-refractivity contribution in [3.05, 3.63) is 70.6 Å². The Morgan fingerprint density at radius 2 is 1.68 bits per heavy atom. The van der Waals surface area contributed by atoms with Crippen LogP contribution in [0.4, 0.5) is 0 Å². The molecule has 3 nitrogen and oxygen atoms in total. The van der Waals surface area contributed by atoms with E-state index >= 15 is 0 Å². The minimum atomic E-state index is -0.0858. The smallest absolute Gasteiger partial charge is 0.266 e. The fourth-order valence-electron chi connectivity index (χ4n) is 3.58. The van der Waals surface area contributed by atoms with Gasteiger partial charge in [-0.1, -0.05) is 105 Å². The molecule has 1 saturated heterocycles. The van der Waals surface area contributed by atoms with Crippen molar-refractivity contribution in [3.8, 4) is 5.75 Å². The quantitative estimate of drug-likeness (QED) is 0.201. The summed E-state index contributed by atoms with van der Waals surface area (Å²) in [6.45, 7) is 5.00. The Balaban J connectivity index is 1.54. The van der Waals surface area contributed by atoms with Crippen LogP contribution < -0.4 is 4.74 Å². The molecule has 2 aromatic carbocycles. The van der Waals surface area contributed by atoms with E-state index in [1.54, 1.807) is 4.90 Å². The van der Waals surface area contributed by atoms with Crippen LogP contribution in [0.1, 0.15) is 69.5 Å². The summed E-state index contributed by atoms with van der Waals surface area (Å²) in [7, 11) is 0. The molecule has 31 heavy (non-hydrogen) atoms.